The van der Waals surface area contributed by atoms with Crippen LogP contribution in [0.1, 0.15) is 309 Å². The zero-order chi connectivity index (χ0) is 49.8. The smallest absolute Gasteiger partial charge is 0 e. The first-order valence-electron chi connectivity index (χ1n) is 32.8. The minimum Gasteiger partial charge on any atom is -0.103 e. The van der Waals surface area contributed by atoms with Crippen molar-refractivity contribution in [3.05, 3.63) is 50.1 Å². The van der Waals surface area contributed by atoms with E-state index in [4.69, 9.17) is 0 Å². The van der Waals surface area contributed by atoms with Gasteiger partial charge in [-0.1, -0.05) is 167 Å². The van der Waals surface area contributed by atoms with Gasteiger partial charge in [-0.05, 0) is 256 Å². The summed E-state index contributed by atoms with van der Waals surface area (Å²) in [5, 5.41) is 0. The Kier molecular flexibility index (Phi) is 30.1. The molecule has 8 saturated carbocycles. The third-order valence-corrected chi connectivity index (χ3v) is 22.0. The SMILES string of the molecule is C/C=C/C1CCC(C2CCC(C)CC2)CC1.C=CC1CCC(C2CCC(CCC)CC2)CC1.C=CC1CCC(C2CCC(CCCC)CC2)CC1.C=CC1CCC(C2CCC(CCCCC)CC2)CC1.[HH].[HH].[HH].[HH].[HH].[HH].[HH].[HH]. The van der Waals surface area contributed by atoms with Crippen LogP contribution in [0, 0.1) is 94.7 Å². The van der Waals surface area contributed by atoms with Gasteiger partial charge in [0.1, 0.15) is 0 Å². The van der Waals surface area contributed by atoms with Crippen LogP contribution in [0.3, 0.4) is 0 Å². The van der Waals surface area contributed by atoms with Gasteiger partial charge >= 0.3 is 0 Å². The number of rotatable bonds is 17. The van der Waals surface area contributed by atoms with E-state index in [1.165, 1.54) is 250 Å². The molecular weight excluding hydrogens is 841 g/mol. The first-order valence-corrected chi connectivity index (χ1v) is 32.8. The molecule has 0 saturated heterocycles. The maximum atomic E-state index is 3.97. The second-order valence-electron chi connectivity index (χ2n) is 26.7. The topological polar surface area (TPSA) is 0 Å². The van der Waals surface area contributed by atoms with Gasteiger partial charge < -0.3 is 0 Å². The second kappa shape index (κ2) is 35.3. The summed E-state index contributed by atoms with van der Waals surface area (Å²) < 4.78 is 0. The number of unbranched alkanes of at least 4 members (excludes halogenated alkanes) is 3. The highest BCUT2D eigenvalue weighted by atomic mass is 14.4. The summed E-state index contributed by atoms with van der Waals surface area (Å²) >= 11 is 0. The molecule has 8 aliphatic rings. The summed E-state index contributed by atoms with van der Waals surface area (Å²) in [6, 6.07) is 0. The molecule has 0 heterocycles. The highest BCUT2D eigenvalue weighted by molar-refractivity contribution is 4.92. The summed E-state index contributed by atoms with van der Waals surface area (Å²) in [6.07, 6.45) is 72.2. The summed E-state index contributed by atoms with van der Waals surface area (Å²) in [5.74, 6) is 16.2. The summed E-state index contributed by atoms with van der Waals surface area (Å²) in [6.45, 7) is 23.4. The van der Waals surface area contributed by atoms with Crippen LogP contribution in [-0.2, 0) is 0 Å². The van der Waals surface area contributed by atoms with Crippen LogP contribution in [0.25, 0.3) is 0 Å². The first kappa shape index (κ1) is 59.8. The number of hydrogen-bond acceptors (Lipinski definition) is 0. The lowest BCUT2D eigenvalue weighted by Crippen LogP contribution is -2.25. The van der Waals surface area contributed by atoms with Gasteiger partial charge in [0.05, 0.1) is 0 Å². The van der Waals surface area contributed by atoms with Crippen molar-refractivity contribution in [3.8, 4) is 0 Å². The monoisotopic (exact) mass is 981 g/mol. The van der Waals surface area contributed by atoms with Gasteiger partial charge in [0.25, 0.3) is 0 Å². The zero-order valence-corrected chi connectivity index (χ0v) is 48.2. The molecule has 8 fully saturated rings. The van der Waals surface area contributed by atoms with Crippen molar-refractivity contribution < 1.29 is 11.4 Å². The Bertz CT molecular complexity index is 1340. The van der Waals surface area contributed by atoms with Crippen molar-refractivity contribution in [2.24, 2.45) is 94.7 Å². The standard InChI is InChI=1S/C19H34.C18H32.C17H30.C16H28.8H2/c1-3-5-6-7-17-10-14-19(15-11-17)18-12-8-16(4-2)9-13-18;1-3-5-6-16-9-13-18(14-10-16)17-11-7-15(4-2)8-12-17;1-3-5-15-8-12-17(13-9-15)16-10-6-14(4-2)7-11-16;1-3-4-14-7-11-16(12-8-14)15-9-5-13(2)6-10-15;;;;;;;;/h4,16-19H,2-3,5-15H2,1H3;4,15-18H,2-3,5-14H2,1H3;4,14-17H,2-3,5-13H2,1H3;3-4,13-16H,5-12H2,1-2H3;8*1H/b;;;4-3+;;;;;;;;. The Morgan fingerprint density at radius 1 is 0.314 bits per heavy atom. The Hall–Kier alpha value is -1.04. The van der Waals surface area contributed by atoms with Gasteiger partial charge in [-0.15, -0.1) is 19.7 Å². The van der Waals surface area contributed by atoms with E-state index in [1.54, 1.807) is 12.8 Å². The summed E-state index contributed by atoms with van der Waals surface area (Å²) in [5.41, 5.74) is 0. The molecule has 0 radical (unpaired) electrons. The van der Waals surface area contributed by atoms with Crippen molar-refractivity contribution in [3.63, 3.8) is 0 Å². The Morgan fingerprint density at radius 3 is 0.871 bits per heavy atom. The largest absolute Gasteiger partial charge is 0.103 e. The van der Waals surface area contributed by atoms with E-state index in [-0.39, 0.29) is 11.4 Å². The Balaban J connectivity index is -0.000000453. The summed E-state index contributed by atoms with van der Waals surface area (Å²) in [4.78, 5) is 0. The molecule has 0 aromatic heterocycles. The molecule has 8 aliphatic carbocycles. The molecule has 0 nitrogen and oxygen atoms in total. The van der Waals surface area contributed by atoms with Crippen LogP contribution in [0.2, 0.25) is 0 Å². The van der Waals surface area contributed by atoms with Gasteiger partial charge in [-0.3, -0.25) is 0 Å². The summed E-state index contributed by atoms with van der Waals surface area (Å²) in [7, 11) is 0. The molecule has 0 aliphatic heterocycles. The van der Waals surface area contributed by atoms with Crippen LogP contribution in [0.15, 0.2) is 50.1 Å². The predicted molar refractivity (Wildman–Crippen MR) is 330 cm³/mol. The molecule has 0 spiro atoms. The van der Waals surface area contributed by atoms with Crippen molar-refractivity contribution in [2.75, 3.05) is 0 Å². The molecule has 0 aromatic rings. The lowest BCUT2D eigenvalue weighted by atomic mass is 9.68. The zero-order valence-electron chi connectivity index (χ0n) is 48.2. The van der Waals surface area contributed by atoms with Crippen LogP contribution >= 0.6 is 0 Å². The molecule has 8 rings (SSSR count). The van der Waals surface area contributed by atoms with E-state index in [9.17, 15) is 0 Å². The van der Waals surface area contributed by atoms with Crippen molar-refractivity contribution >= 4 is 0 Å². The lowest BCUT2D eigenvalue weighted by Gasteiger charge is -2.37. The van der Waals surface area contributed by atoms with Gasteiger partial charge in [-0.25, -0.2) is 0 Å². The normalized spacial score (nSPS) is 38.3. The van der Waals surface area contributed by atoms with Crippen LogP contribution < -0.4 is 0 Å². The molecule has 0 bridgehead atoms. The molecule has 420 valence electrons. The van der Waals surface area contributed by atoms with E-state index in [0.29, 0.717) is 0 Å². The third kappa shape index (κ3) is 21.7. The fraction of sp³-hybridized carbons (Fsp3) is 0.886. The van der Waals surface area contributed by atoms with Crippen molar-refractivity contribution in [1.82, 2.24) is 0 Å². The van der Waals surface area contributed by atoms with Crippen LogP contribution in [0.5, 0.6) is 0 Å². The van der Waals surface area contributed by atoms with E-state index >= 15 is 0 Å². The fourth-order valence-corrected chi connectivity index (χ4v) is 16.8. The molecule has 0 atom stereocenters. The van der Waals surface area contributed by atoms with E-state index in [2.05, 4.69) is 84.7 Å². The third-order valence-electron chi connectivity index (χ3n) is 22.0. The number of hydrogen-bond donors (Lipinski definition) is 0. The van der Waals surface area contributed by atoms with Crippen molar-refractivity contribution in [2.45, 2.75) is 298 Å². The molecule has 70 heavy (non-hydrogen) atoms. The molecule has 0 unspecified atom stereocenters. The minimum atomic E-state index is 0. The van der Waals surface area contributed by atoms with Crippen molar-refractivity contribution in [1.29, 1.82) is 0 Å². The molecule has 0 aromatic carbocycles. The van der Waals surface area contributed by atoms with E-state index in [0.717, 1.165) is 94.7 Å². The predicted octanol–water partition coefficient (Wildman–Crippen LogP) is 25.1. The van der Waals surface area contributed by atoms with Crippen LogP contribution in [-0.4, -0.2) is 0 Å². The van der Waals surface area contributed by atoms with Gasteiger partial charge in [0, 0.05) is 11.4 Å². The van der Waals surface area contributed by atoms with Gasteiger partial charge in [-0.2, -0.15) is 0 Å². The number of allylic oxidation sites excluding steroid dienone is 5. The highest BCUT2D eigenvalue weighted by Crippen LogP contribution is 2.46. The molecule has 0 amide bonds. The molecule has 0 heteroatoms. The average Bonchev–Trinajstić information content (AvgIpc) is 3.42. The quantitative estimate of drug-likeness (QED) is 0.101. The average molecular weight is 982 g/mol. The first-order chi connectivity index (χ1) is 34.3. The van der Waals surface area contributed by atoms with E-state index in [1.807, 2.05) is 0 Å². The Morgan fingerprint density at radius 2 is 0.586 bits per heavy atom. The molecular formula is C70H140. The second-order valence-corrected chi connectivity index (χ2v) is 26.7. The molecule has 0 N–H and O–H groups in total. The lowest BCUT2D eigenvalue weighted by molar-refractivity contribution is 0.151. The van der Waals surface area contributed by atoms with E-state index < -0.39 is 0 Å². The maximum absolute atomic E-state index is 3.97. The Labute approximate surface area is 452 Å². The van der Waals surface area contributed by atoms with Gasteiger partial charge in [0.2, 0.25) is 0 Å². The van der Waals surface area contributed by atoms with Gasteiger partial charge in [0.15, 0.2) is 0 Å². The highest BCUT2D eigenvalue weighted by Gasteiger charge is 2.33. The van der Waals surface area contributed by atoms with Crippen LogP contribution in [0.4, 0.5) is 0 Å². The minimum absolute atomic E-state index is 0. The fourth-order valence-electron chi connectivity index (χ4n) is 16.8. The maximum Gasteiger partial charge on any atom is 0 e.